The molecule has 0 bridgehead atoms. The van der Waals surface area contributed by atoms with Gasteiger partial charge in [-0.15, -0.1) is 11.3 Å². The molecule has 0 spiro atoms. The van der Waals surface area contributed by atoms with Crippen LogP contribution in [-0.4, -0.2) is 19.7 Å². The van der Waals surface area contributed by atoms with E-state index in [9.17, 15) is 13.5 Å². The number of aromatic hydroxyl groups is 1. The average Bonchev–Trinajstić information content (AvgIpc) is 3.05. The van der Waals surface area contributed by atoms with Crippen molar-refractivity contribution in [1.82, 2.24) is 4.83 Å². The number of benzene rings is 2. The van der Waals surface area contributed by atoms with Gasteiger partial charge in [0.1, 0.15) is 9.96 Å². The lowest BCUT2D eigenvalue weighted by molar-refractivity contribution is 0.475. The van der Waals surface area contributed by atoms with Gasteiger partial charge < -0.3 is 5.11 Å². The summed E-state index contributed by atoms with van der Waals surface area (Å²) in [5.74, 6) is 0.0396. The Hall–Kier alpha value is -2.38. The summed E-state index contributed by atoms with van der Waals surface area (Å²) in [6.07, 6.45) is 1.31. The molecule has 3 rings (SSSR count). The van der Waals surface area contributed by atoms with Gasteiger partial charge in [-0.3, -0.25) is 0 Å². The van der Waals surface area contributed by atoms with Crippen LogP contribution in [0, 0.1) is 0 Å². The van der Waals surface area contributed by atoms with Crippen LogP contribution in [0.25, 0.3) is 10.8 Å². The van der Waals surface area contributed by atoms with Crippen molar-refractivity contribution in [2.75, 3.05) is 0 Å². The van der Waals surface area contributed by atoms with Gasteiger partial charge in [-0.1, -0.05) is 36.4 Å². The van der Waals surface area contributed by atoms with Crippen molar-refractivity contribution in [2.24, 2.45) is 5.10 Å². The van der Waals surface area contributed by atoms with E-state index in [0.29, 0.717) is 5.56 Å². The summed E-state index contributed by atoms with van der Waals surface area (Å²) in [6, 6.07) is 14.0. The van der Waals surface area contributed by atoms with Gasteiger partial charge in [-0.05, 0) is 28.3 Å². The number of hydrogen-bond acceptors (Lipinski definition) is 5. The molecule has 1 heterocycles. The molecule has 0 radical (unpaired) electrons. The summed E-state index contributed by atoms with van der Waals surface area (Å²) in [5, 5.41) is 17.1. The molecule has 0 aliphatic rings. The van der Waals surface area contributed by atoms with Gasteiger partial charge in [0.2, 0.25) is 0 Å². The quantitative estimate of drug-likeness (QED) is 0.569. The zero-order valence-corrected chi connectivity index (χ0v) is 12.9. The highest BCUT2D eigenvalue weighted by atomic mass is 32.2. The third-order valence-corrected chi connectivity index (χ3v) is 5.69. The number of phenols is 1. The predicted octanol–water partition coefficient (Wildman–Crippen LogP) is 2.92. The molecule has 1 aromatic heterocycles. The minimum absolute atomic E-state index is 0.0396. The van der Waals surface area contributed by atoms with E-state index in [1.165, 1.54) is 12.3 Å². The van der Waals surface area contributed by atoms with Crippen LogP contribution in [0.1, 0.15) is 5.56 Å². The first-order valence-electron chi connectivity index (χ1n) is 6.37. The Bertz CT molecular complexity index is 933. The number of hydrogen-bond donors (Lipinski definition) is 2. The third kappa shape index (κ3) is 2.81. The molecule has 0 amide bonds. The highest BCUT2D eigenvalue weighted by Gasteiger charge is 2.13. The first-order chi connectivity index (χ1) is 10.6. The molecular weight excluding hydrogens is 320 g/mol. The zero-order chi connectivity index (χ0) is 15.6. The first-order valence-corrected chi connectivity index (χ1v) is 8.73. The molecule has 2 aromatic carbocycles. The molecule has 3 aromatic rings. The summed E-state index contributed by atoms with van der Waals surface area (Å²) in [4.78, 5) is 2.14. The number of nitrogens with one attached hydrogen (secondary N) is 1. The van der Waals surface area contributed by atoms with Gasteiger partial charge in [0.25, 0.3) is 10.0 Å². The molecule has 22 heavy (non-hydrogen) atoms. The summed E-state index contributed by atoms with van der Waals surface area (Å²) >= 11 is 1.11. The molecule has 112 valence electrons. The maximum absolute atomic E-state index is 12.0. The molecule has 7 heteroatoms. The minimum Gasteiger partial charge on any atom is -0.507 e. The first kappa shape index (κ1) is 14.6. The van der Waals surface area contributed by atoms with E-state index in [-0.39, 0.29) is 9.96 Å². The van der Waals surface area contributed by atoms with Crippen LogP contribution >= 0.6 is 11.3 Å². The average molecular weight is 332 g/mol. The number of sulfonamides is 1. The van der Waals surface area contributed by atoms with Gasteiger partial charge in [0, 0.05) is 5.56 Å². The van der Waals surface area contributed by atoms with E-state index in [1.807, 2.05) is 24.3 Å². The Labute approximate surface area is 131 Å². The van der Waals surface area contributed by atoms with E-state index >= 15 is 0 Å². The Morgan fingerprint density at radius 1 is 1.09 bits per heavy atom. The molecule has 2 N–H and O–H groups in total. The van der Waals surface area contributed by atoms with Gasteiger partial charge in [0.05, 0.1) is 6.21 Å². The summed E-state index contributed by atoms with van der Waals surface area (Å²) in [6.45, 7) is 0. The van der Waals surface area contributed by atoms with Crippen molar-refractivity contribution in [2.45, 2.75) is 4.21 Å². The topological polar surface area (TPSA) is 78.8 Å². The second-order valence-corrected chi connectivity index (χ2v) is 7.34. The number of rotatable bonds is 4. The Balaban J connectivity index is 1.92. The fourth-order valence-corrected chi connectivity index (χ4v) is 3.81. The van der Waals surface area contributed by atoms with E-state index in [2.05, 4.69) is 9.93 Å². The second kappa shape index (κ2) is 5.78. The van der Waals surface area contributed by atoms with Crippen molar-refractivity contribution >= 4 is 38.3 Å². The second-order valence-electron chi connectivity index (χ2n) is 4.50. The monoisotopic (exact) mass is 332 g/mol. The van der Waals surface area contributed by atoms with E-state index in [4.69, 9.17) is 0 Å². The maximum atomic E-state index is 12.0. The minimum atomic E-state index is -3.66. The lowest BCUT2D eigenvalue weighted by Crippen LogP contribution is -2.17. The number of phenolic OH excluding ortho intramolecular Hbond substituents is 1. The van der Waals surface area contributed by atoms with Gasteiger partial charge in [0.15, 0.2) is 0 Å². The Morgan fingerprint density at radius 3 is 2.68 bits per heavy atom. The third-order valence-electron chi connectivity index (χ3n) is 3.07. The van der Waals surface area contributed by atoms with Crippen LogP contribution in [-0.2, 0) is 10.0 Å². The summed E-state index contributed by atoms with van der Waals surface area (Å²) in [7, 11) is -3.66. The highest BCUT2D eigenvalue weighted by Crippen LogP contribution is 2.25. The molecule has 5 nitrogen and oxygen atoms in total. The normalized spacial score (nSPS) is 12.0. The van der Waals surface area contributed by atoms with Crippen molar-refractivity contribution in [3.63, 3.8) is 0 Å². The molecule has 0 unspecified atom stereocenters. The molecule has 0 saturated heterocycles. The van der Waals surface area contributed by atoms with Crippen LogP contribution in [0.4, 0.5) is 0 Å². The summed E-state index contributed by atoms with van der Waals surface area (Å²) < 4.78 is 24.1. The van der Waals surface area contributed by atoms with Crippen molar-refractivity contribution in [3.05, 3.63) is 59.5 Å². The van der Waals surface area contributed by atoms with Gasteiger partial charge in [-0.25, -0.2) is 0 Å². The zero-order valence-electron chi connectivity index (χ0n) is 11.3. The fourth-order valence-electron chi connectivity index (χ4n) is 2.04. The van der Waals surface area contributed by atoms with Crippen molar-refractivity contribution < 1.29 is 13.5 Å². The van der Waals surface area contributed by atoms with E-state index in [0.717, 1.165) is 22.1 Å². The Kier molecular flexibility index (Phi) is 3.82. The summed E-state index contributed by atoms with van der Waals surface area (Å²) in [5.41, 5.74) is 0.465. The molecule has 0 atom stereocenters. The molecule has 0 fully saturated rings. The number of fused-ring (bicyclic) bond motifs is 1. The van der Waals surface area contributed by atoms with Crippen LogP contribution in [0.15, 0.2) is 63.2 Å². The molecule has 0 aliphatic heterocycles. The van der Waals surface area contributed by atoms with E-state index < -0.39 is 10.0 Å². The van der Waals surface area contributed by atoms with Crippen molar-refractivity contribution in [1.29, 1.82) is 0 Å². The van der Waals surface area contributed by atoms with E-state index in [1.54, 1.807) is 23.6 Å². The SMILES string of the molecule is O=S(=O)(N/N=C/c1c(O)ccc2ccccc12)c1cccs1. The predicted molar refractivity (Wildman–Crippen MR) is 87.8 cm³/mol. The van der Waals surface area contributed by atoms with Crippen LogP contribution in [0.3, 0.4) is 0 Å². The fraction of sp³-hybridized carbons (Fsp3) is 0. The van der Waals surface area contributed by atoms with Crippen LogP contribution in [0.5, 0.6) is 5.75 Å². The number of nitrogens with zero attached hydrogens (tertiary/aromatic N) is 1. The number of hydrazone groups is 1. The van der Waals surface area contributed by atoms with Gasteiger partial charge in [-0.2, -0.15) is 18.4 Å². The highest BCUT2D eigenvalue weighted by molar-refractivity contribution is 7.91. The van der Waals surface area contributed by atoms with Crippen LogP contribution in [0.2, 0.25) is 0 Å². The van der Waals surface area contributed by atoms with Gasteiger partial charge >= 0.3 is 0 Å². The van der Waals surface area contributed by atoms with Crippen molar-refractivity contribution in [3.8, 4) is 5.75 Å². The largest absolute Gasteiger partial charge is 0.507 e. The lowest BCUT2D eigenvalue weighted by atomic mass is 10.0. The molecule has 0 saturated carbocycles. The standard InChI is InChI=1S/C15H12N2O3S2/c18-14-8-7-11-4-1-2-5-12(11)13(14)10-16-17-22(19,20)15-6-3-9-21-15/h1-10,17-18H/b16-10+. The molecular formula is C15H12N2O3S2. The smallest absolute Gasteiger partial charge is 0.286 e. The molecule has 0 aliphatic carbocycles. The number of thiophene rings is 1. The Morgan fingerprint density at radius 2 is 1.91 bits per heavy atom. The van der Waals surface area contributed by atoms with Crippen LogP contribution < -0.4 is 4.83 Å². The maximum Gasteiger partial charge on any atom is 0.286 e. The lowest BCUT2D eigenvalue weighted by Gasteiger charge is -2.05.